The van der Waals surface area contributed by atoms with E-state index in [1.165, 1.54) is 0 Å². The fourth-order valence-electron chi connectivity index (χ4n) is 2.00. The number of fused-ring (bicyclic) bond motifs is 1. The van der Waals surface area contributed by atoms with Crippen LogP contribution in [0.3, 0.4) is 0 Å². The highest BCUT2D eigenvalue weighted by atomic mass is 35.5. The van der Waals surface area contributed by atoms with E-state index < -0.39 is 8.96 Å². The molecule has 8 heteroatoms. The monoisotopic (exact) mass is 269 g/mol. The second kappa shape index (κ2) is 3.93. The Labute approximate surface area is 103 Å². The molecule has 0 bridgehead atoms. The maximum Gasteiger partial charge on any atom is 0.321 e. The van der Waals surface area contributed by atoms with Crippen molar-refractivity contribution in [2.75, 3.05) is 12.8 Å². The van der Waals surface area contributed by atoms with Gasteiger partial charge in [0.2, 0.25) is 14.2 Å². The van der Waals surface area contributed by atoms with Crippen molar-refractivity contribution in [2.24, 2.45) is 7.05 Å². The molecular weight excluding hydrogens is 260 g/mol. The zero-order chi connectivity index (χ0) is 12.0. The van der Waals surface area contributed by atoms with Crippen molar-refractivity contribution in [3.63, 3.8) is 0 Å². The van der Waals surface area contributed by atoms with E-state index in [2.05, 4.69) is 9.97 Å². The number of imidazole rings is 1. The van der Waals surface area contributed by atoms with Crippen LogP contribution in [0.15, 0.2) is 11.0 Å². The van der Waals surface area contributed by atoms with Gasteiger partial charge in [0.25, 0.3) is 0 Å². The number of hydrogen-bond acceptors (Lipinski definition) is 4. The Balaban J connectivity index is 2.31. The fourth-order valence-corrected chi connectivity index (χ4v) is 4.27. The van der Waals surface area contributed by atoms with Gasteiger partial charge in [-0.3, -0.25) is 4.57 Å². The van der Waals surface area contributed by atoms with Crippen molar-refractivity contribution < 1.29 is 4.74 Å². The van der Waals surface area contributed by atoms with Crippen molar-refractivity contribution in [1.29, 1.82) is 0 Å². The van der Waals surface area contributed by atoms with Gasteiger partial charge in [-0.05, 0) is 17.6 Å². The van der Waals surface area contributed by atoms with E-state index in [0.717, 1.165) is 12.7 Å². The lowest BCUT2D eigenvalue weighted by Gasteiger charge is -2.05. The molecule has 1 saturated heterocycles. The normalized spacial score (nSPS) is 17.1. The van der Waals surface area contributed by atoms with Crippen LogP contribution in [-0.4, -0.2) is 40.6 Å². The summed E-state index contributed by atoms with van der Waals surface area (Å²) in [6.07, 6.45) is 2.23. The van der Waals surface area contributed by atoms with Crippen molar-refractivity contribution in [2.45, 2.75) is 6.04 Å². The van der Waals surface area contributed by atoms with Crippen molar-refractivity contribution >= 4 is 31.7 Å². The lowest BCUT2D eigenvalue weighted by molar-refractivity contribution is 0.213. The van der Waals surface area contributed by atoms with Gasteiger partial charge in [0.15, 0.2) is 5.65 Å². The number of ether oxygens (including phenoxy) is 1. The molecule has 2 aromatic rings. The summed E-state index contributed by atoms with van der Waals surface area (Å²) in [4.78, 5) is 20.3. The van der Waals surface area contributed by atoms with Gasteiger partial charge in [0.1, 0.15) is 5.52 Å². The first-order valence-corrected chi connectivity index (χ1v) is 7.45. The molecule has 1 fully saturated rings. The Morgan fingerprint density at radius 1 is 1.59 bits per heavy atom. The summed E-state index contributed by atoms with van der Waals surface area (Å²) in [6, 6.07) is 0.922. The molecule has 89 valence electrons. The van der Waals surface area contributed by atoms with Crippen LogP contribution >= 0.6 is 11.6 Å². The maximum absolute atomic E-state index is 12.2. The van der Waals surface area contributed by atoms with Crippen LogP contribution < -0.4 is 5.69 Å². The van der Waals surface area contributed by atoms with Crippen LogP contribution in [0.5, 0.6) is 0 Å². The molecular formula is C9H10ClN4O2Si. The predicted molar refractivity (Wildman–Crippen MR) is 64.6 cm³/mol. The number of aryl methyl sites for hydroxylation is 1. The van der Waals surface area contributed by atoms with E-state index in [0.29, 0.717) is 17.4 Å². The topological polar surface area (TPSA) is 61.9 Å². The molecule has 0 aliphatic carbocycles. The standard InChI is InChI=1S/C9H10ClN4O2Si/c1-13-6-4-11-8(10)12-7(6)14(9(13)15)17-3-2-16-5-17/h4H,2-3,5H2,1H3. The Morgan fingerprint density at radius 3 is 3.12 bits per heavy atom. The van der Waals surface area contributed by atoms with Gasteiger partial charge in [0.05, 0.1) is 12.4 Å². The van der Waals surface area contributed by atoms with Crippen LogP contribution in [-0.2, 0) is 11.8 Å². The van der Waals surface area contributed by atoms with Gasteiger partial charge in [-0.2, -0.15) is 4.98 Å². The molecule has 2 aromatic heterocycles. The van der Waals surface area contributed by atoms with Gasteiger partial charge < -0.3 is 8.97 Å². The summed E-state index contributed by atoms with van der Waals surface area (Å²) in [5.41, 5.74) is 1.27. The Morgan fingerprint density at radius 2 is 2.41 bits per heavy atom. The molecule has 0 saturated carbocycles. The largest absolute Gasteiger partial charge is 0.383 e. The average Bonchev–Trinajstić information content (AvgIpc) is 2.88. The van der Waals surface area contributed by atoms with Gasteiger partial charge in [-0.1, -0.05) is 0 Å². The molecule has 0 spiro atoms. The fraction of sp³-hybridized carbons (Fsp3) is 0.444. The molecule has 1 radical (unpaired) electrons. The molecule has 0 N–H and O–H groups in total. The minimum absolute atomic E-state index is 0.0593. The van der Waals surface area contributed by atoms with Gasteiger partial charge in [-0.15, -0.1) is 0 Å². The third-order valence-electron chi connectivity index (χ3n) is 2.89. The molecule has 6 nitrogen and oxygen atoms in total. The minimum atomic E-state index is -1.03. The summed E-state index contributed by atoms with van der Waals surface area (Å²) in [5.74, 6) is 0. The lowest BCUT2D eigenvalue weighted by atomic mass is 10.5. The van der Waals surface area contributed by atoms with Gasteiger partial charge in [-0.25, -0.2) is 9.78 Å². The number of hydrogen-bond donors (Lipinski definition) is 0. The van der Waals surface area contributed by atoms with E-state index in [1.807, 2.05) is 0 Å². The smallest absolute Gasteiger partial charge is 0.321 e. The first kappa shape index (κ1) is 10.9. The second-order valence-corrected chi connectivity index (χ2v) is 6.60. The Hall–Kier alpha value is -1.18. The first-order valence-electron chi connectivity index (χ1n) is 5.21. The average molecular weight is 270 g/mol. The number of halogens is 1. The van der Waals surface area contributed by atoms with Crippen molar-refractivity contribution in [3.05, 3.63) is 22.0 Å². The SMILES string of the molecule is Cn1c(=O)n([Si]2CCOC2)c2nc(Cl)ncc21. The highest BCUT2D eigenvalue weighted by Gasteiger charge is 2.26. The number of nitrogens with zero attached hydrogens (tertiary/aromatic N) is 4. The molecule has 0 unspecified atom stereocenters. The van der Waals surface area contributed by atoms with Crippen molar-refractivity contribution in [1.82, 2.24) is 18.8 Å². The van der Waals surface area contributed by atoms with Gasteiger partial charge >= 0.3 is 5.69 Å². The third kappa shape index (κ3) is 1.62. The molecule has 3 heterocycles. The summed E-state index contributed by atoms with van der Waals surface area (Å²) in [5, 5.41) is 0.165. The van der Waals surface area contributed by atoms with Crippen LogP contribution in [0.25, 0.3) is 11.2 Å². The van der Waals surface area contributed by atoms with Crippen LogP contribution in [0.1, 0.15) is 0 Å². The highest BCUT2D eigenvalue weighted by molar-refractivity contribution is 6.58. The number of rotatable bonds is 1. The van der Waals surface area contributed by atoms with Crippen LogP contribution in [0, 0.1) is 0 Å². The molecule has 0 atom stereocenters. The van der Waals surface area contributed by atoms with Crippen LogP contribution in [0.2, 0.25) is 11.3 Å². The minimum Gasteiger partial charge on any atom is -0.383 e. The molecule has 0 amide bonds. The van der Waals surface area contributed by atoms with Crippen molar-refractivity contribution in [3.8, 4) is 0 Å². The summed E-state index contributed by atoms with van der Waals surface area (Å²) < 4.78 is 8.66. The summed E-state index contributed by atoms with van der Waals surface area (Å²) in [6.45, 7) is 0.718. The Bertz CT molecular complexity index is 632. The predicted octanol–water partition coefficient (Wildman–Crippen LogP) is 0.192. The summed E-state index contributed by atoms with van der Waals surface area (Å²) in [7, 11) is 0.691. The zero-order valence-electron chi connectivity index (χ0n) is 9.18. The van der Waals surface area contributed by atoms with Gasteiger partial charge in [0, 0.05) is 13.7 Å². The van der Waals surface area contributed by atoms with Crippen LogP contribution in [0.4, 0.5) is 0 Å². The third-order valence-corrected chi connectivity index (χ3v) is 5.43. The zero-order valence-corrected chi connectivity index (χ0v) is 10.9. The molecule has 1 aliphatic heterocycles. The quantitative estimate of drug-likeness (QED) is 0.548. The molecule has 3 rings (SSSR count). The molecule has 17 heavy (non-hydrogen) atoms. The Kier molecular flexibility index (Phi) is 2.53. The van der Waals surface area contributed by atoms with E-state index in [4.69, 9.17) is 16.3 Å². The second-order valence-electron chi connectivity index (χ2n) is 3.89. The molecule has 0 aromatic carbocycles. The highest BCUT2D eigenvalue weighted by Crippen LogP contribution is 2.15. The van der Waals surface area contributed by atoms with E-state index in [9.17, 15) is 4.79 Å². The number of aromatic nitrogens is 4. The first-order chi connectivity index (χ1) is 8.18. The lowest BCUT2D eigenvalue weighted by Crippen LogP contribution is -2.36. The van der Waals surface area contributed by atoms with E-state index >= 15 is 0 Å². The molecule has 1 aliphatic rings. The van der Waals surface area contributed by atoms with E-state index in [-0.39, 0.29) is 11.0 Å². The maximum atomic E-state index is 12.2. The summed E-state index contributed by atoms with van der Waals surface area (Å²) >= 11 is 5.79. The van der Waals surface area contributed by atoms with E-state index in [1.54, 1.807) is 22.0 Å².